The highest BCUT2D eigenvalue weighted by Crippen LogP contribution is 2.38. The smallest absolute Gasteiger partial charge is 0.290 e. The molecule has 8 nitrogen and oxygen atoms in total. The Hall–Kier alpha value is -3.98. The molecule has 2 aromatic heterocycles. The summed E-state index contributed by atoms with van der Waals surface area (Å²) < 4.78 is 17.0. The summed E-state index contributed by atoms with van der Waals surface area (Å²) in [7, 11) is 0. The summed E-state index contributed by atoms with van der Waals surface area (Å²) in [6.45, 7) is 2.11. The van der Waals surface area contributed by atoms with Crippen molar-refractivity contribution in [3.8, 4) is 5.75 Å². The van der Waals surface area contributed by atoms with Crippen LogP contribution in [-0.2, 0) is 13.0 Å². The highest BCUT2D eigenvalue weighted by atomic mass is 32.2. The molecule has 1 saturated heterocycles. The number of rotatable bonds is 6. The number of hydrogen-bond acceptors (Lipinski definition) is 7. The topological polar surface area (TPSA) is 89.0 Å². The zero-order valence-electron chi connectivity index (χ0n) is 20.7. The Labute approximate surface area is 224 Å². The Morgan fingerprint density at radius 1 is 0.974 bits per heavy atom. The van der Waals surface area contributed by atoms with Gasteiger partial charge in [0.15, 0.2) is 18.1 Å². The zero-order chi connectivity index (χ0) is 25.9. The van der Waals surface area contributed by atoms with Crippen molar-refractivity contribution >= 4 is 23.6 Å². The number of thioether (sulfide) groups is 1. The lowest BCUT2D eigenvalue weighted by atomic mass is 9.87. The summed E-state index contributed by atoms with van der Waals surface area (Å²) >= 11 is 1.85. The summed E-state index contributed by atoms with van der Waals surface area (Å²) in [5, 5.41) is 0. The number of oxazole rings is 1. The monoisotopic (exact) mass is 529 g/mol. The molecular weight excluding hydrogens is 502 g/mol. The molecule has 2 aromatic carbocycles. The van der Waals surface area contributed by atoms with E-state index in [1.54, 1.807) is 12.1 Å². The van der Waals surface area contributed by atoms with E-state index in [2.05, 4.69) is 4.98 Å². The third-order valence-electron chi connectivity index (χ3n) is 6.89. The molecule has 0 bridgehead atoms. The summed E-state index contributed by atoms with van der Waals surface area (Å²) in [6, 6.07) is 19.1. The van der Waals surface area contributed by atoms with Gasteiger partial charge in [0.2, 0.25) is 5.89 Å². The quantitative estimate of drug-likeness (QED) is 0.354. The summed E-state index contributed by atoms with van der Waals surface area (Å²) in [5.74, 6) is 2.91. The molecule has 2 aliphatic heterocycles. The van der Waals surface area contributed by atoms with Crippen LogP contribution >= 0.6 is 11.8 Å². The SMILES string of the molecule is O=C(c1coc(COc2ccc3c(c2)C(c2ccccc2)N(C(=O)c2ccco2)CC3)n1)N1CCSCC1. The first kappa shape index (κ1) is 24.4. The predicted octanol–water partition coefficient (Wildman–Crippen LogP) is 4.82. The Balaban J connectivity index is 1.22. The first-order chi connectivity index (χ1) is 18.7. The van der Waals surface area contributed by atoms with Crippen molar-refractivity contribution in [3.05, 3.63) is 107 Å². The van der Waals surface area contributed by atoms with Gasteiger partial charge in [0, 0.05) is 31.1 Å². The lowest BCUT2D eigenvalue weighted by Crippen LogP contribution is -2.40. The van der Waals surface area contributed by atoms with Gasteiger partial charge < -0.3 is 23.4 Å². The molecule has 2 aliphatic rings. The van der Waals surface area contributed by atoms with E-state index in [9.17, 15) is 9.59 Å². The Bertz CT molecular complexity index is 1410. The normalized spacial score (nSPS) is 17.2. The molecule has 0 aliphatic carbocycles. The van der Waals surface area contributed by atoms with Crippen molar-refractivity contribution in [3.63, 3.8) is 0 Å². The van der Waals surface area contributed by atoms with E-state index in [1.165, 1.54) is 18.1 Å². The molecule has 0 saturated carbocycles. The van der Waals surface area contributed by atoms with E-state index in [4.69, 9.17) is 13.6 Å². The molecule has 194 valence electrons. The van der Waals surface area contributed by atoms with Crippen LogP contribution in [0, 0.1) is 0 Å². The summed E-state index contributed by atoms with van der Waals surface area (Å²) in [6.07, 6.45) is 3.65. The number of hydrogen-bond donors (Lipinski definition) is 0. The Morgan fingerprint density at radius 2 is 1.82 bits per heavy atom. The highest BCUT2D eigenvalue weighted by molar-refractivity contribution is 7.99. The second-order valence-electron chi connectivity index (χ2n) is 9.22. The van der Waals surface area contributed by atoms with Crippen LogP contribution in [0.4, 0.5) is 0 Å². The molecule has 4 aromatic rings. The molecule has 6 rings (SSSR count). The fraction of sp³-hybridized carbons (Fsp3) is 0.276. The molecule has 4 heterocycles. The molecule has 38 heavy (non-hydrogen) atoms. The minimum absolute atomic E-state index is 0.0902. The molecule has 9 heteroatoms. The fourth-order valence-electron chi connectivity index (χ4n) is 4.99. The number of ether oxygens (including phenoxy) is 1. The minimum Gasteiger partial charge on any atom is -0.484 e. The number of fused-ring (bicyclic) bond motifs is 1. The number of carbonyl (C=O) groups excluding carboxylic acids is 2. The fourth-order valence-corrected chi connectivity index (χ4v) is 5.89. The average molecular weight is 530 g/mol. The van der Waals surface area contributed by atoms with Gasteiger partial charge in [0.05, 0.1) is 12.3 Å². The van der Waals surface area contributed by atoms with Crippen LogP contribution in [-0.4, -0.2) is 57.7 Å². The van der Waals surface area contributed by atoms with Gasteiger partial charge in [-0.1, -0.05) is 36.4 Å². The van der Waals surface area contributed by atoms with E-state index in [0.29, 0.717) is 29.6 Å². The number of furan rings is 1. The van der Waals surface area contributed by atoms with Crippen molar-refractivity contribution in [2.24, 2.45) is 0 Å². The lowest BCUT2D eigenvalue weighted by molar-refractivity contribution is 0.0661. The third kappa shape index (κ3) is 4.93. The summed E-state index contributed by atoms with van der Waals surface area (Å²) in [5.41, 5.74) is 3.49. The molecule has 2 amide bonds. The highest BCUT2D eigenvalue weighted by Gasteiger charge is 2.34. The van der Waals surface area contributed by atoms with Gasteiger partial charge in [-0.3, -0.25) is 9.59 Å². The molecule has 1 atom stereocenters. The number of nitrogens with zero attached hydrogens (tertiary/aromatic N) is 3. The van der Waals surface area contributed by atoms with Crippen LogP contribution in [0.15, 0.2) is 82.0 Å². The van der Waals surface area contributed by atoms with Crippen molar-refractivity contribution in [1.82, 2.24) is 14.8 Å². The second kappa shape index (κ2) is 10.8. The van der Waals surface area contributed by atoms with Crippen molar-refractivity contribution in [1.29, 1.82) is 0 Å². The largest absolute Gasteiger partial charge is 0.484 e. The maximum atomic E-state index is 13.4. The number of aromatic nitrogens is 1. The van der Waals surface area contributed by atoms with Crippen molar-refractivity contribution in [2.45, 2.75) is 19.1 Å². The van der Waals surface area contributed by atoms with Gasteiger partial charge in [-0.05, 0) is 47.4 Å². The van der Waals surface area contributed by atoms with E-state index in [0.717, 1.165) is 42.1 Å². The maximum absolute atomic E-state index is 13.4. The Kier molecular flexibility index (Phi) is 6.92. The first-order valence-corrected chi connectivity index (χ1v) is 13.8. The number of benzene rings is 2. The maximum Gasteiger partial charge on any atom is 0.290 e. The van der Waals surface area contributed by atoms with Crippen LogP contribution in [0.5, 0.6) is 5.75 Å². The number of carbonyl (C=O) groups is 2. The number of amides is 2. The van der Waals surface area contributed by atoms with Gasteiger partial charge in [-0.2, -0.15) is 11.8 Å². The summed E-state index contributed by atoms with van der Waals surface area (Å²) in [4.78, 5) is 34.1. The van der Waals surface area contributed by atoms with Gasteiger partial charge in [0.25, 0.3) is 11.8 Å². The van der Waals surface area contributed by atoms with Gasteiger partial charge in [-0.15, -0.1) is 0 Å². The zero-order valence-corrected chi connectivity index (χ0v) is 21.6. The van der Waals surface area contributed by atoms with E-state index in [-0.39, 0.29) is 24.5 Å². The van der Waals surface area contributed by atoms with E-state index >= 15 is 0 Å². The first-order valence-electron chi connectivity index (χ1n) is 12.6. The van der Waals surface area contributed by atoms with E-state index in [1.807, 2.05) is 70.1 Å². The molecular formula is C29H27N3O5S. The van der Waals surface area contributed by atoms with Gasteiger partial charge >= 0.3 is 0 Å². The van der Waals surface area contributed by atoms with Crippen LogP contribution in [0.3, 0.4) is 0 Å². The van der Waals surface area contributed by atoms with Gasteiger partial charge in [0.1, 0.15) is 12.0 Å². The molecule has 1 unspecified atom stereocenters. The van der Waals surface area contributed by atoms with Crippen molar-refractivity contribution < 1.29 is 23.2 Å². The van der Waals surface area contributed by atoms with Crippen molar-refractivity contribution in [2.75, 3.05) is 31.1 Å². The van der Waals surface area contributed by atoms with Crippen LogP contribution in [0.25, 0.3) is 0 Å². The van der Waals surface area contributed by atoms with Gasteiger partial charge in [-0.25, -0.2) is 4.98 Å². The molecule has 0 N–H and O–H groups in total. The van der Waals surface area contributed by atoms with Crippen LogP contribution in [0.1, 0.15) is 49.7 Å². The third-order valence-corrected chi connectivity index (χ3v) is 7.83. The molecule has 0 spiro atoms. The standard InChI is InChI=1S/C29H27N3O5S/c33-28(31-12-15-38-16-13-31)24-18-37-26(30-24)19-36-22-9-8-20-10-11-32(29(34)25-7-4-14-35-25)27(23(20)17-22)21-5-2-1-3-6-21/h1-9,14,17-18,27H,10-13,15-16,19H2. The second-order valence-corrected chi connectivity index (χ2v) is 10.4. The van der Waals surface area contributed by atoms with Crippen LogP contribution < -0.4 is 4.74 Å². The average Bonchev–Trinajstić information content (AvgIpc) is 3.69. The van der Waals surface area contributed by atoms with Crippen LogP contribution in [0.2, 0.25) is 0 Å². The molecule has 0 radical (unpaired) electrons. The van der Waals surface area contributed by atoms with E-state index < -0.39 is 0 Å². The minimum atomic E-state index is -0.283. The predicted molar refractivity (Wildman–Crippen MR) is 142 cm³/mol. The Morgan fingerprint density at radius 3 is 2.61 bits per heavy atom. The molecule has 1 fully saturated rings. The lowest BCUT2D eigenvalue weighted by Gasteiger charge is -2.37.